The van der Waals surface area contributed by atoms with E-state index in [1.807, 2.05) is 0 Å². The van der Waals surface area contributed by atoms with Crippen LogP contribution in [-0.2, 0) is 16.1 Å². The third kappa shape index (κ3) is 4.05. The normalized spacial score (nSPS) is 10.2. The number of carbonyl (C=O) groups is 2. The Morgan fingerprint density at radius 1 is 1.43 bits per heavy atom. The van der Waals surface area contributed by atoms with Gasteiger partial charge in [-0.3, -0.25) is 4.79 Å². The molecule has 10 heteroatoms. The number of nitrogens with zero attached hydrogens (tertiary/aromatic N) is 5. The van der Waals surface area contributed by atoms with Gasteiger partial charge in [0.2, 0.25) is 5.91 Å². The van der Waals surface area contributed by atoms with Gasteiger partial charge >= 0.3 is 5.97 Å². The SMILES string of the molecule is CCOC(=O)c1nnnn1CC(=O)Nc1ccc(Br)cn1. The van der Waals surface area contributed by atoms with E-state index >= 15 is 0 Å². The van der Waals surface area contributed by atoms with Crippen molar-refractivity contribution >= 4 is 33.6 Å². The molecule has 0 aliphatic heterocycles. The fourth-order valence-corrected chi connectivity index (χ4v) is 1.66. The second-order valence-corrected chi connectivity index (χ2v) is 4.71. The minimum absolute atomic E-state index is 0.129. The number of rotatable bonds is 5. The molecule has 0 saturated carbocycles. The number of aromatic nitrogens is 5. The Morgan fingerprint density at radius 3 is 2.90 bits per heavy atom. The van der Waals surface area contributed by atoms with Crippen LogP contribution >= 0.6 is 15.9 Å². The molecule has 2 heterocycles. The van der Waals surface area contributed by atoms with Gasteiger partial charge in [0.15, 0.2) is 0 Å². The van der Waals surface area contributed by atoms with Gasteiger partial charge < -0.3 is 10.1 Å². The van der Waals surface area contributed by atoms with Gasteiger partial charge in [0, 0.05) is 10.7 Å². The van der Waals surface area contributed by atoms with Crippen LogP contribution < -0.4 is 5.32 Å². The summed E-state index contributed by atoms with van der Waals surface area (Å²) in [5.41, 5.74) is 0. The molecular formula is C11H11BrN6O3. The summed E-state index contributed by atoms with van der Waals surface area (Å²) in [6.07, 6.45) is 1.55. The largest absolute Gasteiger partial charge is 0.460 e. The molecule has 2 aromatic rings. The number of carbonyl (C=O) groups excluding carboxylic acids is 2. The first-order valence-electron chi connectivity index (χ1n) is 5.95. The Kier molecular flexibility index (Phi) is 4.93. The average Bonchev–Trinajstić information content (AvgIpc) is 2.90. The first kappa shape index (κ1) is 15.0. The topological polar surface area (TPSA) is 112 Å². The van der Waals surface area contributed by atoms with Crippen LogP contribution in [0.2, 0.25) is 0 Å². The lowest BCUT2D eigenvalue weighted by atomic mass is 10.4. The van der Waals surface area contributed by atoms with Crippen LogP contribution in [0.4, 0.5) is 5.82 Å². The van der Waals surface area contributed by atoms with Crippen molar-refractivity contribution in [3.63, 3.8) is 0 Å². The van der Waals surface area contributed by atoms with Crippen LogP contribution in [0.25, 0.3) is 0 Å². The van der Waals surface area contributed by atoms with E-state index in [9.17, 15) is 9.59 Å². The molecule has 2 rings (SSSR count). The van der Waals surface area contributed by atoms with Gasteiger partial charge in [0.25, 0.3) is 5.82 Å². The lowest BCUT2D eigenvalue weighted by Gasteiger charge is -2.05. The van der Waals surface area contributed by atoms with E-state index in [0.717, 1.165) is 9.15 Å². The van der Waals surface area contributed by atoms with Crippen LogP contribution in [0.5, 0.6) is 0 Å². The summed E-state index contributed by atoms with van der Waals surface area (Å²) < 4.78 is 6.65. The highest BCUT2D eigenvalue weighted by molar-refractivity contribution is 9.10. The van der Waals surface area contributed by atoms with Crippen LogP contribution in [0.1, 0.15) is 17.5 Å². The fraction of sp³-hybridized carbons (Fsp3) is 0.273. The van der Waals surface area contributed by atoms with Crippen molar-refractivity contribution in [2.75, 3.05) is 11.9 Å². The fourth-order valence-electron chi connectivity index (χ4n) is 1.42. The van der Waals surface area contributed by atoms with Crippen molar-refractivity contribution in [3.8, 4) is 0 Å². The average molecular weight is 355 g/mol. The molecule has 110 valence electrons. The molecule has 1 N–H and O–H groups in total. The molecule has 21 heavy (non-hydrogen) atoms. The molecule has 0 bridgehead atoms. The van der Waals surface area contributed by atoms with Crippen molar-refractivity contribution in [2.24, 2.45) is 0 Å². The van der Waals surface area contributed by atoms with Crippen LogP contribution in [0, 0.1) is 0 Å². The zero-order chi connectivity index (χ0) is 15.2. The molecule has 0 radical (unpaired) electrons. The van der Waals surface area contributed by atoms with Gasteiger partial charge in [-0.2, -0.15) is 0 Å². The number of nitrogens with one attached hydrogen (secondary N) is 1. The maximum absolute atomic E-state index is 11.9. The standard InChI is InChI=1S/C11H11BrN6O3/c1-2-21-11(20)10-15-16-17-18(10)6-9(19)14-8-4-3-7(12)5-13-8/h3-5H,2,6H2,1H3,(H,13,14,19). The number of anilines is 1. The third-order valence-corrected chi connectivity index (χ3v) is 2.75. The molecule has 9 nitrogen and oxygen atoms in total. The zero-order valence-electron chi connectivity index (χ0n) is 11.0. The summed E-state index contributed by atoms with van der Waals surface area (Å²) in [6, 6.07) is 3.37. The molecule has 0 atom stereocenters. The van der Waals surface area contributed by atoms with Crippen LogP contribution in [0.3, 0.4) is 0 Å². The van der Waals surface area contributed by atoms with Crippen molar-refractivity contribution < 1.29 is 14.3 Å². The minimum Gasteiger partial charge on any atom is -0.460 e. The van der Waals surface area contributed by atoms with Crippen molar-refractivity contribution in [3.05, 3.63) is 28.6 Å². The second-order valence-electron chi connectivity index (χ2n) is 3.79. The molecular weight excluding hydrogens is 344 g/mol. The van der Waals surface area contributed by atoms with E-state index in [1.165, 1.54) is 0 Å². The number of esters is 1. The Balaban J connectivity index is 2.01. The highest BCUT2D eigenvalue weighted by Gasteiger charge is 2.18. The van der Waals surface area contributed by atoms with Gasteiger partial charge in [0.1, 0.15) is 12.4 Å². The Bertz CT molecular complexity index is 642. The Morgan fingerprint density at radius 2 is 2.24 bits per heavy atom. The lowest BCUT2D eigenvalue weighted by Crippen LogP contribution is -2.23. The molecule has 0 spiro atoms. The van der Waals surface area contributed by atoms with E-state index in [4.69, 9.17) is 4.74 Å². The number of hydrogen-bond acceptors (Lipinski definition) is 7. The van der Waals surface area contributed by atoms with Gasteiger partial charge in [-0.15, -0.1) is 5.10 Å². The number of amides is 1. The Hall–Kier alpha value is -2.36. The highest BCUT2D eigenvalue weighted by Crippen LogP contribution is 2.10. The van der Waals surface area contributed by atoms with Gasteiger partial charge in [-0.1, -0.05) is 0 Å². The molecule has 1 amide bonds. The predicted octanol–water partition coefficient (Wildman–Crippen LogP) is 0.646. The molecule has 0 aromatic carbocycles. The monoisotopic (exact) mass is 354 g/mol. The smallest absolute Gasteiger partial charge is 0.378 e. The summed E-state index contributed by atoms with van der Waals surface area (Å²) in [5, 5.41) is 13.0. The molecule has 2 aromatic heterocycles. The van der Waals surface area contributed by atoms with Crippen LogP contribution in [0.15, 0.2) is 22.8 Å². The van der Waals surface area contributed by atoms with Gasteiger partial charge in [0.05, 0.1) is 6.61 Å². The maximum atomic E-state index is 11.9. The summed E-state index contributed by atoms with van der Waals surface area (Å²) in [5.74, 6) is -0.843. The molecule has 0 saturated heterocycles. The zero-order valence-corrected chi connectivity index (χ0v) is 12.6. The number of ether oxygens (including phenoxy) is 1. The number of halogens is 1. The van der Waals surface area contributed by atoms with Crippen molar-refractivity contribution in [2.45, 2.75) is 13.5 Å². The number of hydrogen-bond donors (Lipinski definition) is 1. The van der Waals surface area contributed by atoms with E-state index in [-0.39, 0.29) is 19.0 Å². The predicted molar refractivity (Wildman–Crippen MR) is 74.3 cm³/mol. The van der Waals surface area contributed by atoms with Crippen molar-refractivity contribution in [1.29, 1.82) is 0 Å². The highest BCUT2D eigenvalue weighted by atomic mass is 79.9. The van der Waals surface area contributed by atoms with E-state index < -0.39 is 11.9 Å². The van der Waals surface area contributed by atoms with Gasteiger partial charge in [-0.05, 0) is 45.4 Å². The number of tetrazole rings is 1. The van der Waals surface area contributed by atoms with Crippen molar-refractivity contribution in [1.82, 2.24) is 25.2 Å². The molecule has 0 aliphatic rings. The summed E-state index contributed by atoms with van der Waals surface area (Å²) in [6.45, 7) is 1.64. The first-order valence-corrected chi connectivity index (χ1v) is 6.74. The third-order valence-electron chi connectivity index (χ3n) is 2.28. The first-order chi connectivity index (χ1) is 10.1. The molecule has 0 unspecified atom stereocenters. The second kappa shape index (κ2) is 6.88. The van der Waals surface area contributed by atoms with Gasteiger partial charge in [-0.25, -0.2) is 14.5 Å². The summed E-state index contributed by atoms with van der Waals surface area (Å²) in [4.78, 5) is 27.4. The number of pyridine rings is 1. The van der Waals surface area contributed by atoms with E-state index in [0.29, 0.717) is 5.82 Å². The summed E-state index contributed by atoms with van der Waals surface area (Å²) in [7, 11) is 0. The van der Waals surface area contributed by atoms with E-state index in [2.05, 4.69) is 41.8 Å². The summed E-state index contributed by atoms with van der Waals surface area (Å²) >= 11 is 3.24. The minimum atomic E-state index is -0.683. The molecule has 0 fully saturated rings. The maximum Gasteiger partial charge on any atom is 0.378 e. The molecule has 0 aliphatic carbocycles. The lowest BCUT2D eigenvalue weighted by molar-refractivity contribution is -0.117. The van der Waals surface area contributed by atoms with Crippen LogP contribution in [-0.4, -0.2) is 43.7 Å². The Labute approximate surface area is 127 Å². The van der Waals surface area contributed by atoms with E-state index in [1.54, 1.807) is 25.3 Å². The quantitative estimate of drug-likeness (QED) is 0.784.